The van der Waals surface area contributed by atoms with E-state index in [4.69, 9.17) is 9.72 Å². The topological polar surface area (TPSA) is 47.4 Å². The van der Waals surface area contributed by atoms with Crippen molar-refractivity contribution < 1.29 is 9.53 Å². The standard InChI is InChI=1S/C26H29N3O2/c1-19-17-27-24(29(19)18-20-10-12-22(31-2)13-11-20)23-9-6-16-28(23)25(30)26(14-15-26)21-7-4-3-5-8-21/h3-5,7-8,10-13,17,23H,6,9,14-16,18H2,1-2H3. The van der Waals surface area contributed by atoms with Crippen LogP contribution in [0.5, 0.6) is 5.75 Å². The summed E-state index contributed by atoms with van der Waals surface area (Å²) in [6.07, 6.45) is 5.81. The van der Waals surface area contributed by atoms with Gasteiger partial charge in [0.15, 0.2) is 0 Å². The molecule has 31 heavy (non-hydrogen) atoms. The average Bonchev–Trinajstić information content (AvgIpc) is 3.36. The number of nitrogens with zero attached hydrogens (tertiary/aromatic N) is 3. The molecule has 0 spiro atoms. The van der Waals surface area contributed by atoms with Crippen molar-refractivity contribution in [3.05, 3.63) is 83.4 Å². The molecule has 1 unspecified atom stereocenters. The van der Waals surface area contributed by atoms with E-state index < -0.39 is 0 Å². The Morgan fingerprint density at radius 1 is 1.13 bits per heavy atom. The van der Waals surface area contributed by atoms with Gasteiger partial charge in [0.25, 0.3) is 0 Å². The van der Waals surface area contributed by atoms with Crippen molar-refractivity contribution in [2.24, 2.45) is 0 Å². The fourth-order valence-electron chi connectivity index (χ4n) is 4.93. The van der Waals surface area contributed by atoms with E-state index in [0.717, 1.165) is 61.6 Å². The number of likely N-dealkylation sites (tertiary alicyclic amines) is 1. The van der Waals surface area contributed by atoms with Gasteiger partial charge in [-0.2, -0.15) is 0 Å². The highest BCUT2D eigenvalue weighted by molar-refractivity contribution is 5.91. The number of carbonyl (C=O) groups excluding carboxylic acids is 1. The molecule has 2 fully saturated rings. The van der Waals surface area contributed by atoms with E-state index in [-0.39, 0.29) is 17.4 Å². The van der Waals surface area contributed by atoms with E-state index in [1.54, 1.807) is 7.11 Å². The molecular formula is C26H29N3O2. The second-order valence-corrected chi connectivity index (χ2v) is 8.80. The Balaban J connectivity index is 1.42. The number of carbonyl (C=O) groups is 1. The lowest BCUT2D eigenvalue weighted by Gasteiger charge is -2.29. The van der Waals surface area contributed by atoms with Crippen molar-refractivity contribution in [3.63, 3.8) is 0 Å². The molecule has 1 aliphatic heterocycles. The van der Waals surface area contributed by atoms with Crippen LogP contribution in [0.2, 0.25) is 0 Å². The number of aryl methyl sites for hydroxylation is 1. The van der Waals surface area contributed by atoms with Gasteiger partial charge in [-0.3, -0.25) is 4.79 Å². The third-order valence-corrected chi connectivity index (χ3v) is 6.88. The zero-order valence-electron chi connectivity index (χ0n) is 18.3. The number of ether oxygens (including phenoxy) is 1. The van der Waals surface area contributed by atoms with Crippen LogP contribution < -0.4 is 4.74 Å². The number of hydrogen-bond acceptors (Lipinski definition) is 3. The van der Waals surface area contributed by atoms with E-state index in [0.29, 0.717) is 0 Å². The lowest BCUT2D eigenvalue weighted by molar-refractivity contribution is -0.135. The van der Waals surface area contributed by atoms with Crippen LogP contribution in [0.25, 0.3) is 0 Å². The van der Waals surface area contributed by atoms with Gasteiger partial charge in [-0.25, -0.2) is 4.98 Å². The van der Waals surface area contributed by atoms with E-state index in [2.05, 4.69) is 40.7 Å². The highest BCUT2D eigenvalue weighted by Gasteiger charge is 2.54. The first-order chi connectivity index (χ1) is 15.1. The molecule has 2 aromatic carbocycles. The minimum atomic E-state index is -0.327. The highest BCUT2D eigenvalue weighted by Crippen LogP contribution is 2.51. The predicted octanol–water partition coefficient (Wildman–Crippen LogP) is 4.64. The van der Waals surface area contributed by atoms with E-state index in [1.165, 1.54) is 5.56 Å². The number of imidazole rings is 1. The van der Waals surface area contributed by atoms with E-state index >= 15 is 0 Å². The van der Waals surface area contributed by atoms with Crippen molar-refractivity contribution in [2.45, 2.75) is 50.6 Å². The lowest BCUT2D eigenvalue weighted by atomic mass is 9.94. The molecule has 5 heteroatoms. The molecule has 1 aromatic heterocycles. The number of amides is 1. The maximum Gasteiger partial charge on any atom is 0.233 e. The molecular weight excluding hydrogens is 386 g/mol. The Hall–Kier alpha value is -3.08. The smallest absolute Gasteiger partial charge is 0.233 e. The summed E-state index contributed by atoms with van der Waals surface area (Å²) in [6.45, 7) is 3.65. The Morgan fingerprint density at radius 3 is 2.55 bits per heavy atom. The largest absolute Gasteiger partial charge is 0.497 e. The summed E-state index contributed by atoms with van der Waals surface area (Å²) < 4.78 is 7.55. The van der Waals surface area contributed by atoms with Gasteiger partial charge in [0, 0.05) is 25.0 Å². The lowest BCUT2D eigenvalue weighted by Crippen LogP contribution is -2.39. The number of hydrogen-bond donors (Lipinski definition) is 0. The normalized spacial score (nSPS) is 19.4. The van der Waals surface area contributed by atoms with E-state index in [1.807, 2.05) is 36.5 Å². The molecule has 160 valence electrons. The van der Waals surface area contributed by atoms with Crippen LogP contribution in [0, 0.1) is 6.92 Å². The molecule has 3 aromatic rings. The Morgan fingerprint density at radius 2 is 1.87 bits per heavy atom. The zero-order chi connectivity index (χ0) is 21.4. The first-order valence-corrected chi connectivity index (χ1v) is 11.1. The Kier molecular flexibility index (Phi) is 5.05. The van der Waals surface area contributed by atoms with Gasteiger partial charge < -0.3 is 14.2 Å². The first-order valence-electron chi connectivity index (χ1n) is 11.1. The molecule has 1 amide bonds. The fourth-order valence-corrected chi connectivity index (χ4v) is 4.93. The maximum absolute atomic E-state index is 13.7. The molecule has 0 bridgehead atoms. The first kappa shape index (κ1) is 19.9. The Bertz CT molecular complexity index is 1070. The molecule has 2 heterocycles. The summed E-state index contributed by atoms with van der Waals surface area (Å²) in [6, 6.07) is 18.5. The summed E-state index contributed by atoms with van der Waals surface area (Å²) in [5, 5.41) is 0. The van der Waals surface area contributed by atoms with Crippen molar-refractivity contribution in [2.75, 3.05) is 13.7 Å². The number of rotatable bonds is 6. The van der Waals surface area contributed by atoms with Crippen LogP contribution in [0.3, 0.4) is 0 Å². The number of aromatic nitrogens is 2. The van der Waals surface area contributed by atoms with Gasteiger partial charge in [0.2, 0.25) is 5.91 Å². The average molecular weight is 416 g/mol. The summed E-state index contributed by atoms with van der Waals surface area (Å²) in [7, 11) is 1.68. The molecule has 1 saturated carbocycles. The molecule has 1 aliphatic carbocycles. The van der Waals surface area contributed by atoms with Gasteiger partial charge in [-0.15, -0.1) is 0 Å². The van der Waals surface area contributed by atoms with Crippen LogP contribution in [0.15, 0.2) is 60.8 Å². The number of methoxy groups -OCH3 is 1. The molecule has 0 N–H and O–H groups in total. The molecule has 5 nitrogen and oxygen atoms in total. The van der Waals surface area contributed by atoms with Crippen LogP contribution >= 0.6 is 0 Å². The monoisotopic (exact) mass is 415 g/mol. The molecule has 2 aliphatic rings. The molecule has 1 saturated heterocycles. The van der Waals surface area contributed by atoms with Crippen molar-refractivity contribution in [1.82, 2.24) is 14.5 Å². The quantitative estimate of drug-likeness (QED) is 0.589. The Labute approximate surface area is 183 Å². The van der Waals surface area contributed by atoms with Gasteiger partial charge in [-0.1, -0.05) is 42.5 Å². The molecule has 1 atom stereocenters. The second kappa shape index (κ2) is 7.88. The summed E-state index contributed by atoms with van der Waals surface area (Å²) in [4.78, 5) is 20.6. The van der Waals surface area contributed by atoms with Gasteiger partial charge in [0.05, 0.1) is 18.6 Å². The highest BCUT2D eigenvalue weighted by atomic mass is 16.5. The van der Waals surface area contributed by atoms with E-state index in [9.17, 15) is 4.79 Å². The third kappa shape index (κ3) is 3.52. The third-order valence-electron chi connectivity index (χ3n) is 6.88. The zero-order valence-corrected chi connectivity index (χ0v) is 18.3. The van der Waals surface area contributed by atoms with Gasteiger partial charge in [0.1, 0.15) is 11.6 Å². The van der Waals surface area contributed by atoms with Gasteiger partial charge >= 0.3 is 0 Å². The molecule has 5 rings (SSSR count). The summed E-state index contributed by atoms with van der Waals surface area (Å²) in [5.74, 6) is 2.13. The summed E-state index contributed by atoms with van der Waals surface area (Å²) in [5.41, 5.74) is 3.14. The van der Waals surface area contributed by atoms with Crippen LogP contribution in [0.1, 0.15) is 54.4 Å². The SMILES string of the molecule is COc1ccc(Cn2c(C)cnc2C2CCCN2C(=O)C2(c3ccccc3)CC2)cc1. The predicted molar refractivity (Wildman–Crippen MR) is 120 cm³/mol. The molecule has 0 radical (unpaired) electrons. The van der Waals surface area contributed by atoms with Crippen LogP contribution in [-0.4, -0.2) is 34.0 Å². The number of benzene rings is 2. The minimum absolute atomic E-state index is 0.0423. The van der Waals surface area contributed by atoms with Crippen molar-refractivity contribution >= 4 is 5.91 Å². The second-order valence-electron chi connectivity index (χ2n) is 8.80. The van der Waals surface area contributed by atoms with Crippen LogP contribution in [-0.2, 0) is 16.8 Å². The van der Waals surface area contributed by atoms with Crippen molar-refractivity contribution in [1.29, 1.82) is 0 Å². The minimum Gasteiger partial charge on any atom is -0.497 e. The van der Waals surface area contributed by atoms with Crippen LogP contribution in [0.4, 0.5) is 0 Å². The summed E-state index contributed by atoms with van der Waals surface area (Å²) >= 11 is 0. The van der Waals surface area contributed by atoms with Gasteiger partial charge in [-0.05, 0) is 55.9 Å². The maximum atomic E-state index is 13.7. The fraction of sp³-hybridized carbons (Fsp3) is 0.385. The van der Waals surface area contributed by atoms with Crippen molar-refractivity contribution in [3.8, 4) is 5.75 Å².